The third kappa shape index (κ3) is 5.28. The summed E-state index contributed by atoms with van der Waals surface area (Å²) in [7, 11) is 1.80. The van der Waals surface area contributed by atoms with Gasteiger partial charge in [-0.15, -0.1) is 0 Å². The Morgan fingerprint density at radius 2 is 1.75 bits per heavy atom. The van der Waals surface area contributed by atoms with Crippen molar-refractivity contribution in [2.24, 2.45) is 11.3 Å². The van der Waals surface area contributed by atoms with Gasteiger partial charge in [-0.2, -0.15) is 13.2 Å². The summed E-state index contributed by atoms with van der Waals surface area (Å²) in [6.45, 7) is 10.1. The van der Waals surface area contributed by atoms with Gasteiger partial charge in [0.2, 0.25) is 0 Å². The molecule has 2 amide bonds. The van der Waals surface area contributed by atoms with Gasteiger partial charge in [0.25, 0.3) is 0 Å². The number of carboxylic acids is 1. The number of urea groups is 1. The zero-order chi connectivity index (χ0) is 20.9. The smallest absolute Gasteiger partial charge is 0.475 e. The molecular weight excluding hydrogens is 379 g/mol. The van der Waals surface area contributed by atoms with Crippen molar-refractivity contribution in [3.63, 3.8) is 0 Å². The Hall–Kier alpha value is -1.55. The highest BCUT2D eigenvalue weighted by Crippen LogP contribution is 2.44. The number of rotatable bonds is 3. The lowest BCUT2D eigenvalue weighted by atomic mass is 9.78. The molecule has 0 radical (unpaired) electrons. The number of hydrogen-bond donors (Lipinski definition) is 1. The van der Waals surface area contributed by atoms with Crippen LogP contribution in [0.25, 0.3) is 0 Å². The quantitative estimate of drug-likeness (QED) is 0.773. The van der Waals surface area contributed by atoms with Gasteiger partial charge in [-0.1, -0.05) is 6.92 Å². The van der Waals surface area contributed by atoms with Gasteiger partial charge in [-0.3, -0.25) is 0 Å². The maximum Gasteiger partial charge on any atom is 0.490 e. The van der Waals surface area contributed by atoms with Gasteiger partial charge in [-0.25, -0.2) is 9.59 Å². The molecule has 1 N–H and O–H groups in total. The van der Waals surface area contributed by atoms with Crippen LogP contribution in [0.1, 0.15) is 26.2 Å². The molecule has 28 heavy (non-hydrogen) atoms. The molecule has 0 bridgehead atoms. The fraction of sp³-hybridized carbons (Fsp3) is 0.889. The number of likely N-dealkylation sites (tertiary alicyclic amines) is 3. The monoisotopic (exact) mass is 409 g/mol. The van der Waals surface area contributed by atoms with Crippen molar-refractivity contribution < 1.29 is 32.6 Å². The van der Waals surface area contributed by atoms with E-state index in [1.165, 1.54) is 12.8 Å². The Bertz CT molecular complexity index is 555. The van der Waals surface area contributed by atoms with Crippen molar-refractivity contribution in [2.75, 3.05) is 59.5 Å². The normalized spacial score (nSPS) is 28.0. The topological polar surface area (TPSA) is 73.3 Å². The molecule has 3 aliphatic rings. The van der Waals surface area contributed by atoms with E-state index in [4.69, 9.17) is 14.6 Å². The fourth-order valence-corrected chi connectivity index (χ4v) is 4.45. The molecule has 10 heteroatoms. The van der Waals surface area contributed by atoms with Crippen LogP contribution in [-0.4, -0.2) is 97.5 Å². The Morgan fingerprint density at radius 3 is 2.25 bits per heavy atom. The summed E-state index contributed by atoms with van der Waals surface area (Å²) in [6.07, 6.45) is -1.61. The van der Waals surface area contributed by atoms with E-state index in [0.717, 1.165) is 58.8 Å². The van der Waals surface area contributed by atoms with Crippen molar-refractivity contribution in [3.05, 3.63) is 0 Å². The fourth-order valence-electron chi connectivity index (χ4n) is 4.45. The first-order valence-corrected chi connectivity index (χ1v) is 9.68. The molecule has 1 spiro atoms. The predicted octanol–water partition coefficient (Wildman–Crippen LogP) is 2.13. The number of nitrogens with zero attached hydrogens (tertiary/aromatic N) is 3. The molecular formula is C18H30F3N3O4. The van der Waals surface area contributed by atoms with E-state index in [2.05, 4.69) is 16.7 Å². The summed E-state index contributed by atoms with van der Waals surface area (Å²) in [6, 6.07) is 0.274. The Labute approximate surface area is 163 Å². The van der Waals surface area contributed by atoms with Crippen LogP contribution in [0.3, 0.4) is 0 Å². The average Bonchev–Trinajstić information content (AvgIpc) is 3.36. The van der Waals surface area contributed by atoms with E-state index in [1.807, 2.05) is 4.90 Å². The number of carbonyl (C=O) groups is 2. The second kappa shape index (κ2) is 9.30. The van der Waals surface area contributed by atoms with Crippen LogP contribution in [0.4, 0.5) is 18.0 Å². The van der Waals surface area contributed by atoms with Crippen LogP contribution < -0.4 is 0 Å². The molecule has 3 saturated heterocycles. The minimum atomic E-state index is -5.08. The van der Waals surface area contributed by atoms with Crippen molar-refractivity contribution in [1.82, 2.24) is 14.7 Å². The number of carboxylic acid groups (broad SMARTS) is 1. The Morgan fingerprint density at radius 1 is 1.14 bits per heavy atom. The van der Waals surface area contributed by atoms with E-state index in [9.17, 15) is 18.0 Å². The SMILES string of the molecule is CCN1C[C@@H](COC)[C@]2(CCN(C(=O)N3CCCC3)C2)C1.O=C(O)C(F)(F)F. The minimum Gasteiger partial charge on any atom is -0.475 e. The van der Waals surface area contributed by atoms with E-state index < -0.39 is 12.1 Å². The predicted molar refractivity (Wildman–Crippen MR) is 96.0 cm³/mol. The van der Waals surface area contributed by atoms with Gasteiger partial charge in [0.1, 0.15) is 0 Å². The van der Waals surface area contributed by atoms with E-state index in [0.29, 0.717) is 5.92 Å². The number of alkyl halides is 3. The summed E-state index contributed by atoms with van der Waals surface area (Å²) in [4.78, 5) is 28.2. The molecule has 0 unspecified atom stereocenters. The second-order valence-corrected chi connectivity index (χ2v) is 7.79. The molecule has 3 rings (SSSR count). The molecule has 2 atom stereocenters. The lowest BCUT2D eigenvalue weighted by Gasteiger charge is -2.31. The third-order valence-corrected chi connectivity index (χ3v) is 5.97. The van der Waals surface area contributed by atoms with Crippen LogP contribution in [-0.2, 0) is 9.53 Å². The third-order valence-electron chi connectivity index (χ3n) is 5.97. The molecule has 0 saturated carbocycles. The van der Waals surface area contributed by atoms with Gasteiger partial charge in [0, 0.05) is 57.7 Å². The molecule has 0 aliphatic carbocycles. The number of hydrogen-bond acceptors (Lipinski definition) is 4. The summed E-state index contributed by atoms with van der Waals surface area (Å²) in [5.41, 5.74) is 0.265. The largest absolute Gasteiger partial charge is 0.490 e. The molecule has 7 nitrogen and oxygen atoms in total. The average molecular weight is 409 g/mol. The highest BCUT2D eigenvalue weighted by atomic mass is 19.4. The van der Waals surface area contributed by atoms with Crippen LogP contribution >= 0.6 is 0 Å². The van der Waals surface area contributed by atoms with Gasteiger partial charge < -0.3 is 24.5 Å². The highest BCUT2D eigenvalue weighted by Gasteiger charge is 2.51. The standard InChI is InChI=1S/C16H29N3O2.C2HF3O2/c1-3-17-10-14(11-21-2)16(12-17)6-9-19(13-16)15(20)18-7-4-5-8-18;3-2(4,5)1(6)7/h14H,3-13H2,1-2H3;(H,6,7)/t14-,16+;/m0./s1. The number of amides is 2. The van der Waals surface area contributed by atoms with Crippen LogP contribution in [0.15, 0.2) is 0 Å². The number of halogens is 3. The molecule has 3 fully saturated rings. The number of ether oxygens (including phenoxy) is 1. The molecule has 0 aromatic rings. The van der Waals surface area contributed by atoms with Crippen LogP contribution in [0.2, 0.25) is 0 Å². The summed E-state index contributed by atoms with van der Waals surface area (Å²) < 4.78 is 37.2. The minimum absolute atomic E-state index is 0.265. The first-order chi connectivity index (χ1) is 13.1. The molecule has 0 aromatic carbocycles. The van der Waals surface area contributed by atoms with E-state index >= 15 is 0 Å². The van der Waals surface area contributed by atoms with Gasteiger partial charge >= 0.3 is 18.2 Å². The first-order valence-electron chi connectivity index (χ1n) is 9.68. The number of carbonyl (C=O) groups excluding carboxylic acids is 1. The van der Waals surface area contributed by atoms with E-state index in [1.54, 1.807) is 7.11 Å². The van der Waals surface area contributed by atoms with Gasteiger partial charge in [-0.05, 0) is 25.8 Å². The zero-order valence-electron chi connectivity index (χ0n) is 16.5. The highest BCUT2D eigenvalue weighted by molar-refractivity contribution is 5.75. The molecule has 162 valence electrons. The second-order valence-electron chi connectivity index (χ2n) is 7.79. The van der Waals surface area contributed by atoms with Crippen LogP contribution in [0, 0.1) is 11.3 Å². The van der Waals surface area contributed by atoms with Crippen LogP contribution in [0.5, 0.6) is 0 Å². The van der Waals surface area contributed by atoms with Crippen molar-refractivity contribution in [1.29, 1.82) is 0 Å². The maximum absolute atomic E-state index is 12.6. The van der Waals surface area contributed by atoms with Gasteiger partial charge in [0.15, 0.2) is 0 Å². The summed E-state index contributed by atoms with van der Waals surface area (Å²) >= 11 is 0. The lowest BCUT2D eigenvalue weighted by Crippen LogP contribution is -2.43. The van der Waals surface area contributed by atoms with Crippen molar-refractivity contribution in [2.45, 2.75) is 32.4 Å². The van der Waals surface area contributed by atoms with Gasteiger partial charge in [0.05, 0.1) is 6.61 Å². The Kier molecular flexibility index (Phi) is 7.55. The molecule has 3 heterocycles. The molecule has 3 aliphatic heterocycles. The van der Waals surface area contributed by atoms with Crippen molar-refractivity contribution in [3.8, 4) is 0 Å². The lowest BCUT2D eigenvalue weighted by molar-refractivity contribution is -0.192. The number of aliphatic carboxylic acids is 1. The summed E-state index contributed by atoms with van der Waals surface area (Å²) in [5, 5.41) is 7.12. The summed E-state index contributed by atoms with van der Waals surface area (Å²) in [5.74, 6) is -2.19. The Balaban J connectivity index is 0.000000345. The maximum atomic E-state index is 12.6. The van der Waals surface area contributed by atoms with Crippen molar-refractivity contribution >= 4 is 12.0 Å². The first kappa shape index (κ1) is 22.7. The number of methoxy groups -OCH3 is 1. The zero-order valence-corrected chi connectivity index (χ0v) is 16.5. The molecule has 0 aromatic heterocycles. The van der Waals surface area contributed by atoms with E-state index in [-0.39, 0.29) is 11.4 Å².